The lowest BCUT2D eigenvalue weighted by Crippen LogP contribution is -2.19. The molecule has 0 bridgehead atoms. The molecule has 5 heteroatoms. The Labute approximate surface area is 165 Å². The van der Waals surface area contributed by atoms with E-state index >= 15 is 0 Å². The van der Waals surface area contributed by atoms with Gasteiger partial charge < -0.3 is 9.47 Å². The predicted octanol–water partition coefficient (Wildman–Crippen LogP) is 4.79. The van der Waals surface area contributed by atoms with Gasteiger partial charge in [-0.05, 0) is 61.4 Å². The minimum Gasteiger partial charge on any atom is -0.493 e. The fourth-order valence-corrected chi connectivity index (χ4v) is 2.84. The van der Waals surface area contributed by atoms with Crippen molar-refractivity contribution in [1.82, 2.24) is 5.43 Å². The molecule has 0 aliphatic heterocycles. The summed E-state index contributed by atoms with van der Waals surface area (Å²) in [5, 5.41) is 6.55. The minimum absolute atomic E-state index is 0.0165. The average Bonchev–Trinajstić information content (AvgIpc) is 2.71. The standard InChI is InChI=1S/C23H24N2O3/c1-15(2)28-21-12-11-20(14-22(21)27-4)23(26)25-24-16(3)18-10-9-17-7-5-6-8-19(17)13-18/h5-15H,1-4H3,(H,25,26)/b24-16-. The molecule has 0 heterocycles. The zero-order valence-electron chi connectivity index (χ0n) is 16.5. The molecular weight excluding hydrogens is 352 g/mol. The largest absolute Gasteiger partial charge is 0.493 e. The number of nitrogens with one attached hydrogen (secondary N) is 1. The van der Waals surface area contributed by atoms with E-state index in [0.717, 1.165) is 16.7 Å². The van der Waals surface area contributed by atoms with E-state index in [1.807, 2.05) is 45.0 Å². The average molecular weight is 376 g/mol. The Morgan fingerprint density at radius 3 is 2.36 bits per heavy atom. The van der Waals surface area contributed by atoms with Crippen LogP contribution in [0.2, 0.25) is 0 Å². The molecule has 0 aliphatic carbocycles. The quantitative estimate of drug-likeness (QED) is 0.497. The summed E-state index contributed by atoms with van der Waals surface area (Å²) in [6.07, 6.45) is 0.0165. The molecule has 0 unspecified atom stereocenters. The normalized spacial score (nSPS) is 11.5. The molecule has 0 saturated carbocycles. The lowest BCUT2D eigenvalue weighted by molar-refractivity contribution is 0.0954. The second-order valence-electron chi connectivity index (χ2n) is 6.73. The van der Waals surface area contributed by atoms with Gasteiger partial charge in [0.25, 0.3) is 5.91 Å². The number of hydrogen-bond acceptors (Lipinski definition) is 4. The summed E-state index contributed by atoms with van der Waals surface area (Å²) in [6, 6.07) is 19.3. The lowest BCUT2D eigenvalue weighted by Gasteiger charge is -2.14. The molecule has 0 saturated heterocycles. The van der Waals surface area contributed by atoms with Crippen LogP contribution in [0.25, 0.3) is 10.8 Å². The number of carbonyl (C=O) groups excluding carboxylic acids is 1. The number of hydrazone groups is 1. The summed E-state index contributed by atoms with van der Waals surface area (Å²) in [5.74, 6) is 0.802. The fourth-order valence-electron chi connectivity index (χ4n) is 2.84. The Kier molecular flexibility index (Phi) is 5.94. The van der Waals surface area contributed by atoms with Crippen molar-refractivity contribution < 1.29 is 14.3 Å². The van der Waals surface area contributed by atoms with Crippen LogP contribution in [-0.2, 0) is 0 Å². The Hall–Kier alpha value is -3.34. The fraction of sp³-hybridized carbons (Fsp3) is 0.217. The number of carbonyl (C=O) groups is 1. The Bertz CT molecular complexity index is 1030. The van der Waals surface area contributed by atoms with E-state index in [-0.39, 0.29) is 12.0 Å². The van der Waals surface area contributed by atoms with Crippen LogP contribution < -0.4 is 14.9 Å². The number of nitrogens with zero attached hydrogens (tertiary/aromatic N) is 1. The molecule has 3 aromatic rings. The van der Waals surface area contributed by atoms with Crippen LogP contribution in [0.5, 0.6) is 11.5 Å². The summed E-state index contributed by atoms with van der Waals surface area (Å²) < 4.78 is 11.0. The maximum atomic E-state index is 12.5. The smallest absolute Gasteiger partial charge is 0.271 e. The SMILES string of the molecule is COc1cc(C(=O)N/N=C(/C)c2ccc3ccccc3c2)ccc1OC(C)C. The van der Waals surface area contributed by atoms with Gasteiger partial charge in [0.05, 0.1) is 18.9 Å². The van der Waals surface area contributed by atoms with Crippen molar-refractivity contribution in [3.63, 3.8) is 0 Å². The van der Waals surface area contributed by atoms with Crippen molar-refractivity contribution in [3.8, 4) is 11.5 Å². The Balaban J connectivity index is 1.76. The van der Waals surface area contributed by atoms with Crippen LogP contribution in [0.3, 0.4) is 0 Å². The van der Waals surface area contributed by atoms with E-state index in [4.69, 9.17) is 9.47 Å². The number of hydrogen-bond donors (Lipinski definition) is 1. The van der Waals surface area contributed by atoms with Gasteiger partial charge in [-0.2, -0.15) is 5.10 Å². The summed E-state index contributed by atoms with van der Waals surface area (Å²) in [6.45, 7) is 5.74. The third kappa shape index (κ3) is 4.49. The van der Waals surface area contributed by atoms with Gasteiger partial charge in [0, 0.05) is 5.56 Å². The number of benzene rings is 3. The molecule has 0 fully saturated rings. The maximum absolute atomic E-state index is 12.5. The third-order valence-corrected chi connectivity index (χ3v) is 4.28. The predicted molar refractivity (Wildman–Crippen MR) is 112 cm³/mol. The van der Waals surface area contributed by atoms with Crippen molar-refractivity contribution in [1.29, 1.82) is 0 Å². The molecule has 144 valence electrons. The zero-order chi connectivity index (χ0) is 20.1. The first-order valence-electron chi connectivity index (χ1n) is 9.16. The number of ether oxygens (including phenoxy) is 2. The summed E-state index contributed by atoms with van der Waals surface area (Å²) in [5.41, 5.74) is 4.74. The highest BCUT2D eigenvalue weighted by atomic mass is 16.5. The van der Waals surface area contributed by atoms with E-state index in [1.165, 1.54) is 5.39 Å². The molecule has 5 nitrogen and oxygen atoms in total. The van der Waals surface area contributed by atoms with Gasteiger partial charge in [0.2, 0.25) is 0 Å². The van der Waals surface area contributed by atoms with Crippen molar-refractivity contribution >= 4 is 22.4 Å². The van der Waals surface area contributed by atoms with Crippen LogP contribution in [0, 0.1) is 0 Å². The van der Waals surface area contributed by atoms with Crippen LogP contribution in [0.1, 0.15) is 36.7 Å². The Morgan fingerprint density at radius 1 is 0.929 bits per heavy atom. The molecule has 1 N–H and O–H groups in total. The van der Waals surface area contributed by atoms with Crippen molar-refractivity contribution in [3.05, 3.63) is 71.8 Å². The van der Waals surface area contributed by atoms with Gasteiger partial charge in [-0.3, -0.25) is 4.79 Å². The maximum Gasteiger partial charge on any atom is 0.271 e. The van der Waals surface area contributed by atoms with E-state index < -0.39 is 0 Å². The van der Waals surface area contributed by atoms with Gasteiger partial charge in [-0.1, -0.05) is 36.4 Å². The molecular formula is C23H24N2O3. The lowest BCUT2D eigenvalue weighted by atomic mass is 10.0. The number of amides is 1. The van der Waals surface area contributed by atoms with Gasteiger partial charge in [0.1, 0.15) is 0 Å². The van der Waals surface area contributed by atoms with Crippen LogP contribution >= 0.6 is 0 Å². The van der Waals surface area contributed by atoms with Gasteiger partial charge in [-0.25, -0.2) is 5.43 Å². The first-order chi connectivity index (χ1) is 13.5. The van der Waals surface area contributed by atoms with Crippen LogP contribution in [-0.4, -0.2) is 24.8 Å². The molecule has 0 aliphatic rings. The van der Waals surface area contributed by atoms with Crippen molar-refractivity contribution in [2.24, 2.45) is 5.10 Å². The molecule has 0 aromatic heterocycles. The molecule has 3 rings (SSSR count). The highest BCUT2D eigenvalue weighted by Gasteiger charge is 2.12. The number of fused-ring (bicyclic) bond motifs is 1. The van der Waals surface area contributed by atoms with Crippen molar-refractivity contribution in [2.45, 2.75) is 26.9 Å². The van der Waals surface area contributed by atoms with E-state index in [9.17, 15) is 4.79 Å². The van der Waals surface area contributed by atoms with Crippen LogP contribution in [0.4, 0.5) is 0 Å². The molecule has 0 atom stereocenters. The highest BCUT2D eigenvalue weighted by molar-refractivity contribution is 6.03. The van der Waals surface area contributed by atoms with Crippen LogP contribution in [0.15, 0.2) is 65.8 Å². The van der Waals surface area contributed by atoms with Gasteiger partial charge in [0.15, 0.2) is 11.5 Å². The molecule has 0 spiro atoms. The molecule has 1 amide bonds. The first kappa shape index (κ1) is 19.4. The van der Waals surface area contributed by atoms with Gasteiger partial charge >= 0.3 is 0 Å². The van der Waals surface area contributed by atoms with E-state index in [0.29, 0.717) is 17.1 Å². The monoisotopic (exact) mass is 376 g/mol. The first-order valence-corrected chi connectivity index (χ1v) is 9.16. The molecule has 0 radical (unpaired) electrons. The number of rotatable bonds is 6. The summed E-state index contributed by atoms with van der Waals surface area (Å²) >= 11 is 0. The molecule has 3 aromatic carbocycles. The zero-order valence-corrected chi connectivity index (χ0v) is 16.5. The minimum atomic E-state index is -0.311. The number of methoxy groups -OCH3 is 1. The molecule has 28 heavy (non-hydrogen) atoms. The highest BCUT2D eigenvalue weighted by Crippen LogP contribution is 2.29. The summed E-state index contributed by atoms with van der Waals surface area (Å²) in [4.78, 5) is 12.5. The summed E-state index contributed by atoms with van der Waals surface area (Å²) in [7, 11) is 1.55. The van der Waals surface area contributed by atoms with E-state index in [2.05, 4.69) is 28.7 Å². The van der Waals surface area contributed by atoms with E-state index in [1.54, 1.807) is 25.3 Å². The van der Waals surface area contributed by atoms with Gasteiger partial charge in [-0.15, -0.1) is 0 Å². The topological polar surface area (TPSA) is 59.9 Å². The Morgan fingerprint density at radius 2 is 1.64 bits per heavy atom. The third-order valence-electron chi connectivity index (χ3n) is 4.28. The second-order valence-corrected chi connectivity index (χ2v) is 6.73. The van der Waals surface area contributed by atoms with Crippen molar-refractivity contribution in [2.75, 3.05) is 7.11 Å². The second kappa shape index (κ2) is 8.57.